The quantitative estimate of drug-likeness (QED) is 0.854. The van der Waals surface area contributed by atoms with Crippen LogP contribution in [0.1, 0.15) is 16.1 Å². The molecule has 5 nitrogen and oxygen atoms in total. The number of amides is 1. The fourth-order valence-corrected chi connectivity index (χ4v) is 1.69. The standard InChI is InChI=1S/C13H12N2O3/c1-8-3-2-4-9-5-11(14-6-10(8)9)13(18)15-7-12(16)17/h2-6H,7H2,1H3,(H,15,18)(H,16,17). The van der Waals surface area contributed by atoms with Gasteiger partial charge in [0.05, 0.1) is 0 Å². The molecule has 0 unspecified atom stereocenters. The van der Waals surface area contributed by atoms with Crippen LogP contribution in [-0.2, 0) is 4.79 Å². The number of nitrogens with zero attached hydrogens (tertiary/aromatic N) is 1. The lowest BCUT2D eigenvalue weighted by atomic mass is 10.1. The molecule has 0 aliphatic heterocycles. The zero-order valence-corrected chi connectivity index (χ0v) is 9.80. The third-order valence-corrected chi connectivity index (χ3v) is 2.62. The number of aliphatic carboxylic acids is 1. The van der Waals surface area contributed by atoms with Crippen molar-refractivity contribution in [2.24, 2.45) is 0 Å². The number of aryl methyl sites for hydroxylation is 1. The van der Waals surface area contributed by atoms with Gasteiger partial charge in [-0.2, -0.15) is 0 Å². The van der Waals surface area contributed by atoms with Gasteiger partial charge in [0.15, 0.2) is 0 Å². The fraction of sp³-hybridized carbons (Fsp3) is 0.154. The first-order chi connectivity index (χ1) is 8.58. The van der Waals surface area contributed by atoms with Crippen molar-refractivity contribution >= 4 is 22.6 Å². The van der Waals surface area contributed by atoms with E-state index < -0.39 is 18.4 Å². The van der Waals surface area contributed by atoms with E-state index in [0.717, 1.165) is 16.3 Å². The van der Waals surface area contributed by atoms with Crippen LogP contribution in [0.4, 0.5) is 0 Å². The summed E-state index contributed by atoms with van der Waals surface area (Å²) in [6.07, 6.45) is 1.63. The molecule has 2 N–H and O–H groups in total. The van der Waals surface area contributed by atoms with Crippen LogP contribution in [-0.4, -0.2) is 28.5 Å². The van der Waals surface area contributed by atoms with E-state index in [0.29, 0.717) is 0 Å². The molecule has 1 aromatic carbocycles. The molecule has 2 aromatic rings. The smallest absolute Gasteiger partial charge is 0.322 e. The van der Waals surface area contributed by atoms with Crippen LogP contribution in [0, 0.1) is 6.92 Å². The molecule has 0 aliphatic rings. The first-order valence-corrected chi connectivity index (χ1v) is 5.43. The molecule has 0 saturated carbocycles. The van der Waals surface area contributed by atoms with Crippen LogP contribution in [0.3, 0.4) is 0 Å². The number of benzene rings is 1. The molecule has 0 aliphatic carbocycles. The van der Waals surface area contributed by atoms with Crippen molar-refractivity contribution in [3.05, 3.63) is 41.7 Å². The maximum absolute atomic E-state index is 11.6. The minimum absolute atomic E-state index is 0.217. The number of hydrogen-bond donors (Lipinski definition) is 2. The van der Waals surface area contributed by atoms with Gasteiger partial charge in [0.25, 0.3) is 5.91 Å². The summed E-state index contributed by atoms with van der Waals surface area (Å²) in [7, 11) is 0. The summed E-state index contributed by atoms with van der Waals surface area (Å²) in [5, 5.41) is 12.6. The van der Waals surface area contributed by atoms with Crippen LogP contribution < -0.4 is 5.32 Å². The van der Waals surface area contributed by atoms with Crippen LogP contribution >= 0.6 is 0 Å². The molecule has 1 heterocycles. The minimum Gasteiger partial charge on any atom is -0.480 e. The summed E-state index contributed by atoms with van der Waals surface area (Å²) in [4.78, 5) is 26.0. The first-order valence-electron chi connectivity index (χ1n) is 5.43. The molecule has 5 heteroatoms. The van der Waals surface area contributed by atoms with Crippen LogP contribution in [0.5, 0.6) is 0 Å². The van der Waals surface area contributed by atoms with Gasteiger partial charge in [-0.1, -0.05) is 18.2 Å². The van der Waals surface area contributed by atoms with E-state index >= 15 is 0 Å². The van der Waals surface area contributed by atoms with E-state index in [4.69, 9.17) is 5.11 Å². The maximum Gasteiger partial charge on any atom is 0.322 e. The Morgan fingerprint density at radius 2 is 2.17 bits per heavy atom. The van der Waals surface area contributed by atoms with E-state index in [-0.39, 0.29) is 5.69 Å². The number of carboxylic acid groups (broad SMARTS) is 1. The second-order valence-electron chi connectivity index (χ2n) is 3.94. The van der Waals surface area contributed by atoms with Crippen LogP contribution in [0.15, 0.2) is 30.5 Å². The Hall–Kier alpha value is -2.43. The highest BCUT2D eigenvalue weighted by Crippen LogP contribution is 2.17. The number of hydrogen-bond acceptors (Lipinski definition) is 3. The Kier molecular flexibility index (Phi) is 3.23. The highest BCUT2D eigenvalue weighted by molar-refractivity contribution is 5.97. The molecule has 0 bridgehead atoms. The summed E-state index contributed by atoms with van der Waals surface area (Å²) in [5.74, 6) is -1.57. The van der Waals surface area contributed by atoms with Gasteiger partial charge in [-0.25, -0.2) is 0 Å². The topological polar surface area (TPSA) is 79.3 Å². The lowest BCUT2D eigenvalue weighted by Gasteiger charge is -2.05. The number of aromatic nitrogens is 1. The Labute approximate surface area is 103 Å². The summed E-state index contributed by atoms with van der Waals surface area (Å²) in [6, 6.07) is 7.41. The van der Waals surface area contributed by atoms with Gasteiger partial charge in [-0.05, 0) is 23.9 Å². The average molecular weight is 244 g/mol. The van der Waals surface area contributed by atoms with Crippen molar-refractivity contribution in [3.8, 4) is 0 Å². The van der Waals surface area contributed by atoms with E-state index in [1.165, 1.54) is 0 Å². The Morgan fingerprint density at radius 1 is 1.39 bits per heavy atom. The van der Waals surface area contributed by atoms with Gasteiger partial charge >= 0.3 is 5.97 Å². The zero-order valence-electron chi connectivity index (χ0n) is 9.80. The normalized spacial score (nSPS) is 10.3. The molecule has 0 fully saturated rings. The largest absolute Gasteiger partial charge is 0.480 e. The highest BCUT2D eigenvalue weighted by atomic mass is 16.4. The summed E-state index contributed by atoms with van der Waals surface area (Å²) in [5.41, 5.74) is 1.30. The first kappa shape index (κ1) is 12.0. The summed E-state index contributed by atoms with van der Waals surface area (Å²) >= 11 is 0. The Balaban J connectivity index is 2.30. The molecule has 18 heavy (non-hydrogen) atoms. The SMILES string of the molecule is Cc1cccc2cc(C(=O)NCC(=O)O)ncc12. The molecule has 92 valence electrons. The summed E-state index contributed by atoms with van der Waals surface area (Å²) in [6.45, 7) is 1.56. The highest BCUT2D eigenvalue weighted by Gasteiger charge is 2.09. The monoisotopic (exact) mass is 244 g/mol. The molecular weight excluding hydrogens is 232 g/mol. The molecule has 0 atom stereocenters. The number of fused-ring (bicyclic) bond motifs is 1. The van der Waals surface area contributed by atoms with E-state index in [2.05, 4.69) is 10.3 Å². The van der Waals surface area contributed by atoms with Gasteiger partial charge in [0.2, 0.25) is 0 Å². The van der Waals surface area contributed by atoms with Crippen molar-refractivity contribution in [1.29, 1.82) is 0 Å². The molecule has 0 saturated heterocycles. The predicted octanol–water partition coefficient (Wildman–Crippen LogP) is 1.36. The molecule has 1 aromatic heterocycles. The second kappa shape index (κ2) is 4.83. The van der Waals surface area contributed by atoms with Crippen molar-refractivity contribution in [2.45, 2.75) is 6.92 Å². The van der Waals surface area contributed by atoms with Crippen LogP contribution in [0.2, 0.25) is 0 Å². The Bertz CT molecular complexity index is 623. The number of carbonyl (C=O) groups excluding carboxylic acids is 1. The van der Waals surface area contributed by atoms with Gasteiger partial charge < -0.3 is 10.4 Å². The molecule has 0 radical (unpaired) electrons. The summed E-state index contributed by atoms with van der Waals surface area (Å²) < 4.78 is 0. The number of pyridine rings is 1. The third-order valence-electron chi connectivity index (χ3n) is 2.62. The lowest BCUT2D eigenvalue weighted by Crippen LogP contribution is -2.29. The van der Waals surface area contributed by atoms with Gasteiger partial charge in [-0.15, -0.1) is 0 Å². The van der Waals surface area contributed by atoms with Crippen molar-refractivity contribution in [1.82, 2.24) is 10.3 Å². The second-order valence-corrected chi connectivity index (χ2v) is 3.94. The van der Waals surface area contributed by atoms with Crippen molar-refractivity contribution in [3.63, 3.8) is 0 Å². The van der Waals surface area contributed by atoms with Crippen molar-refractivity contribution < 1.29 is 14.7 Å². The van der Waals surface area contributed by atoms with Gasteiger partial charge in [-0.3, -0.25) is 14.6 Å². The molecule has 0 spiro atoms. The number of rotatable bonds is 3. The maximum atomic E-state index is 11.6. The van der Waals surface area contributed by atoms with Crippen LogP contribution in [0.25, 0.3) is 10.8 Å². The van der Waals surface area contributed by atoms with Crippen molar-refractivity contribution in [2.75, 3.05) is 6.54 Å². The fourth-order valence-electron chi connectivity index (χ4n) is 1.69. The molecular formula is C13H12N2O3. The van der Waals surface area contributed by atoms with E-state index in [9.17, 15) is 9.59 Å². The zero-order chi connectivity index (χ0) is 13.1. The average Bonchev–Trinajstić information content (AvgIpc) is 2.35. The number of carboxylic acids is 1. The predicted molar refractivity (Wildman–Crippen MR) is 66.4 cm³/mol. The van der Waals surface area contributed by atoms with Gasteiger partial charge in [0.1, 0.15) is 12.2 Å². The molecule has 1 amide bonds. The van der Waals surface area contributed by atoms with E-state index in [1.54, 1.807) is 12.3 Å². The lowest BCUT2D eigenvalue weighted by molar-refractivity contribution is -0.135. The Morgan fingerprint density at radius 3 is 2.89 bits per heavy atom. The van der Waals surface area contributed by atoms with Gasteiger partial charge in [0, 0.05) is 11.6 Å². The number of nitrogens with one attached hydrogen (secondary N) is 1. The minimum atomic E-state index is -1.08. The number of carbonyl (C=O) groups is 2. The third kappa shape index (κ3) is 2.45. The molecule has 2 rings (SSSR count). The van der Waals surface area contributed by atoms with E-state index in [1.807, 2.05) is 25.1 Å².